The van der Waals surface area contributed by atoms with Crippen LogP contribution >= 0.6 is 0 Å². The highest BCUT2D eigenvalue weighted by Crippen LogP contribution is 2.25. The topological polar surface area (TPSA) is 90.7 Å². The molecule has 1 aliphatic carbocycles. The first-order valence-corrected chi connectivity index (χ1v) is 9.97. The lowest BCUT2D eigenvalue weighted by Gasteiger charge is -2.42. The van der Waals surface area contributed by atoms with Crippen LogP contribution in [-0.4, -0.2) is 68.7 Å². The van der Waals surface area contributed by atoms with E-state index in [4.69, 9.17) is 5.11 Å². The van der Waals surface area contributed by atoms with E-state index in [9.17, 15) is 9.59 Å². The van der Waals surface area contributed by atoms with Crippen molar-refractivity contribution in [2.75, 3.05) is 20.1 Å². The van der Waals surface area contributed by atoms with Gasteiger partial charge in [0.2, 0.25) is 0 Å². The Morgan fingerprint density at radius 1 is 1.28 bits per heavy atom. The lowest BCUT2D eigenvalue weighted by atomic mass is 9.85. The average Bonchev–Trinajstić information content (AvgIpc) is 3.09. The molecule has 3 rings (SSSR count). The second-order valence-corrected chi connectivity index (χ2v) is 7.54. The molecule has 2 aromatic rings. The van der Waals surface area contributed by atoms with Crippen molar-refractivity contribution in [3.63, 3.8) is 0 Å². The third-order valence-corrected chi connectivity index (χ3v) is 5.42. The Morgan fingerprint density at radius 2 is 2.00 bits per heavy atom. The van der Waals surface area contributed by atoms with Crippen LogP contribution in [0.25, 0.3) is 0 Å². The second-order valence-electron chi connectivity index (χ2n) is 7.54. The van der Waals surface area contributed by atoms with E-state index < -0.39 is 5.97 Å². The summed E-state index contributed by atoms with van der Waals surface area (Å²) in [4.78, 5) is 31.4. The van der Waals surface area contributed by atoms with Gasteiger partial charge in [0.1, 0.15) is 5.82 Å². The summed E-state index contributed by atoms with van der Waals surface area (Å²) in [6.07, 6.45) is 5.24. The number of nitrogens with one attached hydrogen (secondary N) is 1. The number of carbonyl (C=O) groups excluding carboxylic acids is 1. The molecule has 156 valence electrons. The van der Waals surface area contributed by atoms with E-state index in [0.717, 1.165) is 18.7 Å². The zero-order valence-electron chi connectivity index (χ0n) is 17.0. The van der Waals surface area contributed by atoms with E-state index in [1.54, 1.807) is 18.1 Å². The van der Waals surface area contributed by atoms with Crippen LogP contribution < -0.4 is 5.32 Å². The number of likely N-dealkylation sites (N-methyl/N-ethyl adjacent to an activating group) is 1. The van der Waals surface area contributed by atoms with Gasteiger partial charge in [-0.25, -0.2) is 9.78 Å². The lowest BCUT2D eigenvalue weighted by Crippen LogP contribution is -2.56. The Balaban J connectivity index is 1.47. The molecule has 0 spiro atoms. The normalized spacial score (nSPS) is 18.3. The molecule has 0 saturated heterocycles. The predicted octanol–water partition coefficient (Wildman–Crippen LogP) is 2.01. The van der Waals surface area contributed by atoms with Gasteiger partial charge in [-0.2, -0.15) is 0 Å². The van der Waals surface area contributed by atoms with Crippen molar-refractivity contribution >= 4 is 12.0 Å². The molecule has 0 atom stereocenters. The maximum Gasteiger partial charge on any atom is 0.317 e. The summed E-state index contributed by atoms with van der Waals surface area (Å²) in [5, 5.41) is 12.0. The monoisotopic (exact) mass is 399 g/mol. The summed E-state index contributed by atoms with van der Waals surface area (Å²) in [5.41, 5.74) is 1.18. The number of amides is 2. The average molecular weight is 399 g/mol. The molecular weight excluding hydrogens is 370 g/mol. The molecule has 1 heterocycles. The van der Waals surface area contributed by atoms with Gasteiger partial charge in [0, 0.05) is 38.1 Å². The minimum absolute atomic E-state index is 0.0474. The molecule has 1 aromatic heterocycles. The van der Waals surface area contributed by atoms with Gasteiger partial charge in [0.05, 0.1) is 13.1 Å². The highest BCUT2D eigenvalue weighted by atomic mass is 16.4. The molecule has 1 fully saturated rings. The number of hydrogen-bond acceptors (Lipinski definition) is 4. The van der Waals surface area contributed by atoms with Gasteiger partial charge >= 0.3 is 12.0 Å². The van der Waals surface area contributed by atoms with Gasteiger partial charge in [-0.3, -0.25) is 9.69 Å². The van der Waals surface area contributed by atoms with Crippen molar-refractivity contribution in [3.8, 4) is 0 Å². The lowest BCUT2D eigenvalue weighted by molar-refractivity contribution is -0.139. The summed E-state index contributed by atoms with van der Waals surface area (Å²) in [6, 6.07) is 10.3. The van der Waals surface area contributed by atoms with Crippen molar-refractivity contribution < 1.29 is 14.7 Å². The van der Waals surface area contributed by atoms with Gasteiger partial charge in [-0.15, -0.1) is 0 Å². The summed E-state index contributed by atoms with van der Waals surface area (Å²) in [7, 11) is 1.76. The van der Waals surface area contributed by atoms with Crippen molar-refractivity contribution in [2.24, 2.45) is 0 Å². The zero-order chi connectivity index (χ0) is 20.8. The number of hydrogen-bond donors (Lipinski definition) is 2. The van der Waals surface area contributed by atoms with Crippen molar-refractivity contribution in [1.82, 2.24) is 24.7 Å². The first-order chi connectivity index (χ1) is 14.0. The van der Waals surface area contributed by atoms with E-state index in [1.165, 1.54) is 5.56 Å². The van der Waals surface area contributed by atoms with E-state index in [0.29, 0.717) is 19.6 Å². The molecule has 8 heteroatoms. The molecule has 1 saturated carbocycles. The molecule has 0 aliphatic heterocycles. The second kappa shape index (κ2) is 9.56. The molecule has 2 amide bonds. The molecule has 29 heavy (non-hydrogen) atoms. The fourth-order valence-corrected chi connectivity index (χ4v) is 3.66. The van der Waals surface area contributed by atoms with E-state index in [1.807, 2.05) is 40.8 Å². The largest absolute Gasteiger partial charge is 0.480 e. The van der Waals surface area contributed by atoms with E-state index >= 15 is 0 Å². The van der Waals surface area contributed by atoms with Crippen molar-refractivity contribution in [2.45, 2.75) is 44.9 Å². The first kappa shape index (κ1) is 20.9. The Kier molecular flexibility index (Phi) is 6.87. The molecule has 0 radical (unpaired) electrons. The number of benzene rings is 1. The SMILES string of the molecule is CCN(CC(=O)O)C1CC(NC(=O)N(C)Cc2nccn2Cc2ccccc2)C1. The molecule has 0 bridgehead atoms. The van der Waals surface area contributed by atoms with Crippen LogP contribution in [0.2, 0.25) is 0 Å². The number of imidazole rings is 1. The fourth-order valence-electron chi connectivity index (χ4n) is 3.66. The molecule has 8 nitrogen and oxygen atoms in total. The Morgan fingerprint density at radius 3 is 2.66 bits per heavy atom. The zero-order valence-corrected chi connectivity index (χ0v) is 17.0. The fraction of sp³-hybridized carbons (Fsp3) is 0.476. The Labute approximate surface area is 171 Å². The van der Waals surface area contributed by atoms with Crippen LogP contribution in [0.4, 0.5) is 4.79 Å². The summed E-state index contributed by atoms with van der Waals surface area (Å²) in [6.45, 7) is 3.84. The van der Waals surface area contributed by atoms with Gasteiger partial charge in [0.25, 0.3) is 0 Å². The highest BCUT2D eigenvalue weighted by Gasteiger charge is 2.35. The number of aromatic nitrogens is 2. The quantitative estimate of drug-likeness (QED) is 0.673. The van der Waals surface area contributed by atoms with Crippen LogP contribution in [0.5, 0.6) is 0 Å². The minimum Gasteiger partial charge on any atom is -0.480 e. The maximum absolute atomic E-state index is 12.5. The van der Waals surface area contributed by atoms with Crippen LogP contribution in [0.1, 0.15) is 31.2 Å². The summed E-state index contributed by atoms with van der Waals surface area (Å²) < 4.78 is 2.05. The minimum atomic E-state index is -0.815. The van der Waals surface area contributed by atoms with Crippen LogP contribution in [0.15, 0.2) is 42.7 Å². The highest BCUT2D eigenvalue weighted by molar-refractivity contribution is 5.74. The molecule has 1 aliphatic rings. The summed E-state index contributed by atoms with van der Waals surface area (Å²) in [5.74, 6) is 0.0154. The van der Waals surface area contributed by atoms with Crippen molar-refractivity contribution in [3.05, 3.63) is 54.1 Å². The van der Waals surface area contributed by atoms with Gasteiger partial charge in [0.15, 0.2) is 0 Å². The van der Waals surface area contributed by atoms with E-state index in [-0.39, 0.29) is 24.7 Å². The Hall–Kier alpha value is -2.87. The predicted molar refractivity (Wildman–Crippen MR) is 109 cm³/mol. The first-order valence-electron chi connectivity index (χ1n) is 9.97. The maximum atomic E-state index is 12.5. The molecular formula is C21H29N5O3. The smallest absolute Gasteiger partial charge is 0.317 e. The number of urea groups is 1. The molecule has 1 aromatic carbocycles. The molecule has 0 unspecified atom stereocenters. The van der Waals surface area contributed by atoms with Gasteiger partial charge in [-0.05, 0) is 24.9 Å². The number of carboxylic acids is 1. The van der Waals surface area contributed by atoms with Gasteiger partial charge < -0.3 is 19.9 Å². The third-order valence-electron chi connectivity index (χ3n) is 5.42. The van der Waals surface area contributed by atoms with E-state index in [2.05, 4.69) is 22.4 Å². The van der Waals surface area contributed by atoms with Gasteiger partial charge in [-0.1, -0.05) is 37.3 Å². The third kappa shape index (κ3) is 5.57. The number of rotatable bonds is 9. The number of nitrogens with zero attached hydrogens (tertiary/aromatic N) is 4. The number of carbonyl (C=O) groups is 2. The number of carboxylic acid groups (broad SMARTS) is 1. The van der Waals surface area contributed by atoms with Crippen LogP contribution in [-0.2, 0) is 17.9 Å². The van der Waals surface area contributed by atoms with Crippen LogP contribution in [0.3, 0.4) is 0 Å². The van der Waals surface area contributed by atoms with Crippen LogP contribution in [0, 0.1) is 0 Å². The standard InChI is InChI=1S/C21H29N5O3/c1-3-25(15-20(27)28)18-11-17(12-18)23-21(29)24(2)14-19-22-9-10-26(19)13-16-7-5-4-6-8-16/h4-10,17-18H,3,11-15H2,1-2H3,(H,23,29)(H,27,28). The Bertz CT molecular complexity index is 817. The van der Waals surface area contributed by atoms with Crippen molar-refractivity contribution in [1.29, 1.82) is 0 Å². The molecule has 2 N–H and O–H groups in total. The summed E-state index contributed by atoms with van der Waals surface area (Å²) >= 11 is 0. The number of aliphatic carboxylic acids is 1.